The van der Waals surface area contributed by atoms with Crippen molar-refractivity contribution in [3.05, 3.63) is 35.9 Å². The van der Waals surface area contributed by atoms with Crippen LogP contribution in [0, 0.1) is 5.92 Å². The van der Waals surface area contributed by atoms with E-state index >= 15 is 0 Å². The Hall–Kier alpha value is -1.84. The zero-order valence-electron chi connectivity index (χ0n) is 13.2. The molecule has 114 valence electrons. The van der Waals surface area contributed by atoms with E-state index in [4.69, 9.17) is 0 Å². The van der Waals surface area contributed by atoms with Gasteiger partial charge < -0.3 is 10.2 Å². The van der Waals surface area contributed by atoms with Gasteiger partial charge in [-0.3, -0.25) is 9.59 Å². The van der Waals surface area contributed by atoms with Crippen molar-refractivity contribution in [3.8, 4) is 0 Å². The molecule has 1 aromatic rings. The fourth-order valence-corrected chi connectivity index (χ4v) is 2.94. The second-order valence-electron chi connectivity index (χ2n) is 5.99. The first-order valence-electron chi connectivity index (χ1n) is 7.64. The van der Waals surface area contributed by atoms with E-state index in [0.717, 1.165) is 5.56 Å². The molecule has 1 heterocycles. The van der Waals surface area contributed by atoms with Gasteiger partial charge >= 0.3 is 0 Å². The van der Waals surface area contributed by atoms with E-state index in [-0.39, 0.29) is 29.8 Å². The third kappa shape index (κ3) is 2.94. The van der Waals surface area contributed by atoms with Crippen LogP contribution in [0.1, 0.15) is 45.7 Å². The lowest BCUT2D eigenvalue weighted by atomic mass is 9.94. The van der Waals surface area contributed by atoms with Crippen LogP contribution in [0.3, 0.4) is 0 Å². The largest absolute Gasteiger partial charge is 0.342 e. The molecule has 1 saturated heterocycles. The Morgan fingerprint density at radius 3 is 2.29 bits per heavy atom. The van der Waals surface area contributed by atoms with Crippen molar-refractivity contribution in [1.29, 1.82) is 0 Å². The van der Waals surface area contributed by atoms with Crippen LogP contribution in [-0.4, -0.2) is 28.8 Å². The van der Waals surface area contributed by atoms with Crippen molar-refractivity contribution in [1.82, 2.24) is 10.2 Å². The number of nitrogens with one attached hydrogen (secondary N) is 1. The van der Waals surface area contributed by atoms with E-state index < -0.39 is 6.04 Å². The Kier molecular flexibility index (Phi) is 4.66. The van der Waals surface area contributed by atoms with Gasteiger partial charge in [-0.05, 0) is 24.8 Å². The summed E-state index contributed by atoms with van der Waals surface area (Å²) in [5.41, 5.74) is 1.06. The van der Waals surface area contributed by atoms with Crippen molar-refractivity contribution >= 4 is 11.8 Å². The Labute approximate surface area is 126 Å². The van der Waals surface area contributed by atoms with Gasteiger partial charge in [0.25, 0.3) is 0 Å². The number of piperazine rings is 1. The minimum absolute atomic E-state index is 0.0211. The summed E-state index contributed by atoms with van der Waals surface area (Å²) in [5.74, 6) is 0.0658. The summed E-state index contributed by atoms with van der Waals surface area (Å²) in [5, 5.41) is 2.87. The maximum absolute atomic E-state index is 12.8. The van der Waals surface area contributed by atoms with Crippen molar-refractivity contribution in [2.45, 2.75) is 52.2 Å². The fourth-order valence-electron chi connectivity index (χ4n) is 2.94. The number of hydrogen-bond acceptors (Lipinski definition) is 2. The minimum Gasteiger partial charge on any atom is -0.342 e. The lowest BCUT2D eigenvalue weighted by Gasteiger charge is -2.43. The van der Waals surface area contributed by atoms with E-state index in [1.807, 2.05) is 58.0 Å². The van der Waals surface area contributed by atoms with Crippen LogP contribution in [0.5, 0.6) is 0 Å². The molecule has 3 unspecified atom stereocenters. The quantitative estimate of drug-likeness (QED) is 0.925. The zero-order valence-corrected chi connectivity index (χ0v) is 13.2. The summed E-state index contributed by atoms with van der Waals surface area (Å²) in [6, 6.07) is 8.96. The molecule has 4 heteroatoms. The standard InChI is InChI=1S/C17H24N2O2/c1-5-14-16(20)18-15(11(2)3)17(21)19(14)12(4)13-9-7-6-8-10-13/h6-12,14-15H,5H2,1-4H3,(H,18,20). The first-order chi connectivity index (χ1) is 9.97. The molecule has 0 aliphatic carbocycles. The molecule has 1 aliphatic rings. The van der Waals surface area contributed by atoms with Gasteiger partial charge in [0.05, 0.1) is 6.04 Å². The summed E-state index contributed by atoms with van der Waals surface area (Å²) in [6.07, 6.45) is 0.625. The molecule has 1 fully saturated rings. The topological polar surface area (TPSA) is 49.4 Å². The van der Waals surface area contributed by atoms with Crippen molar-refractivity contribution in [2.24, 2.45) is 5.92 Å². The monoisotopic (exact) mass is 288 g/mol. The molecular formula is C17H24N2O2. The molecule has 3 atom stereocenters. The SMILES string of the molecule is CCC1C(=O)NC(C(C)C)C(=O)N1C(C)c1ccccc1. The van der Waals surface area contributed by atoms with Crippen molar-refractivity contribution in [3.63, 3.8) is 0 Å². The lowest BCUT2D eigenvalue weighted by molar-refractivity contribution is -0.153. The highest BCUT2D eigenvalue weighted by atomic mass is 16.2. The van der Waals surface area contributed by atoms with E-state index in [9.17, 15) is 9.59 Å². The molecule has 1 aromatic carbocycles. The van der Waals surface area contributed by atoms with Crippen LogP contribution in [0.25, 0.3) is 0 Å². The third-order valence-corrected chi connectivity index (χ3v) is 4.21. The Morgan fingerprint density at radius 2 is 1.76 bits per heavy atom. The molecule has 2 rings (SSSR count). The third-order valence-electron chi connectivity index (χ3n) is 4.21. The van der Waals surface area contributed by atoms with E-state index in [0.29, 0.717) is 6.42 Å². The van der Waals surface area contributed by atoms with Crippen LogP contribution in [-0.2, 0) is 9.59 Å². The lowest BCUT2D eigenvalue weighted by Crippen LogP contribution is -2.64. The first-order valence-corrected chi connectivity index (χ1v) is 7.64. The van der Waals surface area contributed by atoms with Crippen LogP contribution >= 0.6 is 0 Å². The number of carbonyl (C=O) groups is 2. The molecule has 0 spiro atoms. The molecule has 21 heavy (non-hydrogen) atoms. The second kappa shape index (κ2) is 6.29. The number of carbonyl (C=O) groups excluding carboxylic acids is 2. The molecular weight excluding hydrogens is 264 g/mol. The van der Waals surface area contributed by atoms with Gasteiger partial charge in [0.1, 0.15) is 12.1 Å². The van der Waals surface area contributed by atoms with Gasteiger partial charge in [-0.25, -0.2) is 0 Å². The number of amides is 2. The summed E-state index contributed by atoms with van der Waals surface area (Å²) in [6.45, 7) is 7.85. The predicted octanol–water partition coefficient (Wildman–Crippen LogP) is 2.51. The number of rotatable bonds is 4. The smallest absolute Gasteiger partial charge is 0.246 e. The van der Waals surface area contributed by atoms with Gasteiger partial charge in [-0.2, -0.15) is 0 Å². The van der Waals surface area contributed by atoms with Gasteiger partial charge in [0, 0.05) is 0 Å². The van der Waals surface area contributed by atoms with E-state index in [2.05, 4.69) is 5.32 Å². The van der Waals surface area contributed by atoms with E-state index in [1.165, 1.54) is 0 Å². The van der Waals surface area contributed by atoms with Crippen LogP contribution < -0.4 is 5.32 Å². The number of hydrogen-bond donors (Lipinski definition) is 1. The zero-order chi connectivity index (χ0) is 15.6. The van der Waals surface area contributed by atoms with Gasteiger partial charge in [0.2, 0.25) is 11.8 Å². The molecule has 1 aliphatic heterocycles. The molecule has 0 aromatic heterocycles. The molecule has 4 nitrogen and oxygen atoms in total. The Bertz CT molecular complexity index is 513. The van der Waals surface area contributed by atoms with E-state index in [1.54, 1.807) is 4.90 Å². The van der Waals surface area contributed by atoms with Crippen LogP contribution in [0.2, 0.25) is 0 Å². The van der Waals surface area contributed by atoms with Crippen LogP contribution in [0.15, 0.2) is 30.3 Å². The highest BCUT2D eigenvalue weighted by molar-refractivity contribution is 5.97. The average molecular weight is 288 g/mol. The fraction of sp³-hybridized carbons (Fsp3) is 0.529. The molecule has 0 bridgehead atoms. The van der Waals surface area contributed by atoms with Crippen molar-refractivity contribution in [2.75, 3.05) is 0 Å². The number of benzene rings is 1. The Balaban J connectivity index is 2.36. The van der Waals surface area contributed by atoms with Crippen LogP contribution in [0.4, 0.5) is 0 Å². The molecule has 1 N–H and O–H groups in total. The normalized spacial score (nSPS) is 24.1. The van der Waals surface area contributed by atoms with Gasteiger partial charge in [-0.1, -0.05) is 51.1 Å². The summed E-state index contributed by atoms with van der Waals surface area (Å²) >= 11 is 0. The minimum atomic E-state index is -0.425. The second-order valence-corrected chi connectivity index (χ2v) is 5.99. The van der Waals surface area contributed by atoms with Gasteiger partial charge in [-0.15, -0.1) is 0 Å². The summed E-state index contributed by atoms with van der Waals surface area (Å²) in [4.78, 5) is 26.9. The average Bonchev–Trinajstić information content (AvgIpc) is 2.48. The highest BCUT2D eigenvalue weighted by Gasteiger charge is 2.43. The molecule has 2 amide bonds. The first kappa shape index (κ1) is 15.5. The number of nitrogens with zero attached hydrogens (tertiary/aromatic N) is 1. The summed E-state index contributed by atoms with van der Waals surface area (Å²) < 4.78 is 0. The van der Waals surface area contributed by atoms with Crippen molar-refractivity contribution < 1.29 is 9.59 Å². The van der Waals surface area contributed by atoms with Gasteiger partial charge in [0.15, 0.2) is 0 Å². The highest BCUT2D eigenvalue weighted by Crippen LogP contribution is 2.28. The summed E-state index contributed by atoms with van der Waals surface area (Å²) in [7, 11) is 0. The molecule has 0 saturated carbocycles. The molecule has 0 radical (unpaired) electrons. The Morgan fingerprint density at radius 1 is 1.14 bits per heavy atom. The maximum Gasteiger partial charge on any atom is 0.246 e. The predicted molar refractivity (Wildman–Crippen MR) is 82.6 cm³/mol. The maximum atomic E-state index is 12.8.